The van der Waals surface area contributed by atoms with Crippen LogP contribution in [0.4, 0.5) is 5.82 Å². The maximum atomic E-state index is 5.77. The van der Waals surface area contributed by atoms with E-state index < -0.39 is 0 Å². The summed E-state index contributed by atoms with van der Waals surface area (Å²) in [4.78, 5) is 7.85. The van der Waals surface area contributed by atoms with Crippen LogP contribution in [0, 0.1) is 0 Å². The van der Waals surface area contributed by atoms with Gasteiger partial charge in [-0.25, -0.2) is 0 Å². The van der Waals surface area contributed by atoms with Crippen LogP contribution in [0.25, 0.3) is 0 Å². The molecule has 1 aromatic carbocycles. The molecule has 0 bridgehead atoms. The molecule has 0 fully saturated rings. The summed E-state index contributed by atoms with van der Waals surface area (Å²) in [7, 11) is 0. The monoisotopic (exact) mass is 235 g/mol. The van der Waals surface area contributed by atoms with Crippen LogP contribution in [0.3, 0.4) is 0 Å². The van der Waals surface area contributed by atoms with Gasteiger partial charge in [0, 0.05) is 5.02 Å². The normalized spacial score (nSPS) is 10.1. The summed E-state index contributed by atoms with van der Waals surface area (Å²) in [5, 5.41) is 0.701. The highest BCUT2D eigenvalue weighted by atomic mass is 35.5. The Morgan fingerprint density at radius 2 is 1.94 bits per heavy atom. The second kappa shape index (κ2) is 4.81. The van der Waals surface area contributed by atoms with E-state index in [1.807, 2.05) is 24.3 Å². The summed E-state index contributed by atoms with van der Waals surface area (Å²) in [6.07, 6.45) is 2.99. The fourth-order valence-electron chi connectivity index (χ4n) is 1.17. The van der Waals surface area contributed by atoms with E-state index in [4.69, 9.17) is 22.1 Å². The van der Waals surface area contributed by atoms with Crippen LogP contribution in [0.5, 0.6) is 5.88 Å². The molecule has 2 aromatic rings. The molecular weight excluding hydrogens is 226 g/mol. The van der Waals surface area contributed by atoms with Crippen LogP contribution in [-0.2, 0) is 6.61 Å². The number of nitrogens with two attached hydrogens (primary N) is 1. The Hall–Kier alpha value is -1.81. The van der Waals surface area contributed by atoms with Crippen molar-refractivity contribution in [2.45, 2.75) is 6.61 Å². The third-order valence-corrected chi connectivity index (χ3v) is 2.18. The number of nitrogen functional groups attached to an aromatic ring is 1. The molecule has 0 radical (unpaired) electrons. The highest BCUT2D eigenvalue weighted by Crippen LogP contribution is 2.12. The molecule has 2 rings (SSSR count). The number of halogens is 1. The predicted octanol–water partition coefficient (Wildman–Crippen LogP) is 2.29. The van der Waals surface area contributed by atoms with Crippen LogP contribution in [-0.4, -0.2) is 9.97 Å². The Labute approximate surface area is 98.0 Å². The highest BCUT2D eigenvalue weighted by Gasteiger charge is 1.98. The quantitative estimate of drug-likeness (QED) is 0.887. The van der Waals surface area contributed by atoms with Gasteiger partial charge in [0.2, 0.25) is 5.88 Å². The van der Waals surface area contributed by atoms with Gasteiger partial charge in [-0.3, -0.25) is 4.98 Å². The first kappa shape index (κ1) is 10.7. The molecule has 0 saturated carbocycles. The van der Waals surface area contributed by atoms with Gasteiger partial charge in [-0.15, -0.1) is 0 Å². The average Bonchev–Trinajstić information content (AvgIpc) is 2.28. The summed E-state index contributed by atoms with van der Waals surface area (Å²) in [5.74, 6) is 0.753. The van der Waals surface area contributed by atoms with Crippen LogP contribution in [0.15, 0.2) is 36.7 Å². The molecule has 16 heavy (non-hydrogen) atoms. The minimum absolute atomic E-state index is 0.341. The molecule has 82 valence electrons. The third-order valence-electron chi connectivity index (χ3n) is 1.93. The molecule has 0 spiro atoms. The fourth-order valence-corrected chi connectivity index (χ4v) is 1.30. The van der Waals surface area contributed by atoms with E-state index in [1.54, 1.807) is 0 Å². The molecule has 0 aliphatic rings. The van der Waals surface area contributed by atoms with Crippen molar-refractivity contribution < 1.29 is 4.74 Å². The lowest BCUT2D eigenvalue weighted by molar-refractivity contribution is 0.293. The van der Waals surface area contributed by atoms with Gasteiger partial charge < -0.3 is 10.5 Å². The Bertz CT molecular complexity index is 473. The van der Waals surface area contributed by atoms with Crippen molar-refractivity contribution >= 4 is 17.4 Å². The van der Waals surface area contributed by atoms with Gasteiger partial charge in [0.15, 0.2) is 0 Å². The lowest BCUT2D eigenvalue weighted by atomic mass is 10.2. The van der Waals surface area contributed by atoms with Gasteiger partial charge in [0.25, 0.3) is 0 Å². The Morgan fingerprint density at radius 1 is 1.19 bits per heavy atom. The minimum Gasteiger partial charge on any atom is -0.472 e. The SMILES string of the molecule is Nc1cncc(OCc2ccc(Cl)cc2)n1. The first-order valence-corrected chi connectivity index (χ1v) is 5.06. The summed E-state index contributed by atoms with van der Waals surface area (Å²) in [6, 6.07) is 7.40. The number of anilines is 1. The van der Waals surface area contributed by atoms with Gasteiger partial charge in [0.05, 0.1) is 12.4 Å². The maximum absolute atomic E-state index is 5.77. The van der Waals surface area contributed by atoms with Gasteiger partial charge in [-0.2, -0.15) is 4.98 Å². The molecular formula is C11H10ClN3O. The number of nitrogens with zero attached hydrogens (tertiary/aromatic N) is 2. The largest absolute Gasteiger partial charge is 0.472 e. The summed E-state index contributed by atoms with van der Waals surface area (Å²) >= 11 is 5.77. The standard InChI is InChI=1S/C11H10ClN3O/c12-9-3-1-8(2-4-9)7-16-11-6-14-5-10(13)15-11/h1-6H,7H2,(H2,13,15). The zero-order chi connectivity index (χ0) is 11.4. The first-order valence-electron chi connectivity index (χ1n) is 4.69. The molecule has 5 heteroatoms. The lowest BCUT2D eigenvalue weighted by Crippen LogP contribution is -1.99. The summed E-state index contributed by atoms with van der Waals surface area (Å²) < 4.78 is 5.42. The topological polar surface area (TPSA) is 61.0 Å². The second-order valence-corrected chi connectivity index (χ2v) is 3.63. The smallest absolute Gasteiger partial charge is 0.234 e. The molecule has 0 aliphatic carbocycles. The molecule has 0 aliphatic heterocycles. The average molecular weight is 236 g/mol. The summed E-state index contributed by atoms with van der Waals surface area (Å²) in [5.41, 5.74) is 6.48. The van der Waals surface area contributed by atoms with Gasteiger partial charge >= 0.3 is 0 Å². The zero-order valence-corrected chi connectivity index (χ0v) is 9.19. The fraction of sp³-hybridized carbons (Fsp3) is 0.0909. The summed E-state index contributed by atoms with van der Waals surface area (Å²) in [6.45, 7) is 0.412. The number of hydrogen-bond acceptors (Lipinski definition) is 4. The number of aromatic nitrogens is 2. The maximum Gasteiger partial charge on any atom is 0.234 e. The van der Waals surface area contributed by atoms with Crippen molar-refractivity contribution in [3.63, 3.8) is 0 Å². The Kier molecular flexibility index (Phi) is 3.22. The van der Waals surface area contributed by atoms with E-state index in [-0.39, 0.29) is 0 Å². The minimum atomic E-state index is 0.341. The van der Waals surface area contributed by atoms with E-state index >= 15 is 0 Å². The van der Waals surface area contributed by atoms with Crippen LogP contribution < -0.4 is 10.5 Å². The van der Waals surface area contributed by atoms with E-state index in [2.05, 4.69) is 9.97 Å². The molecule has 0 atom stereocenters. The Balaban J connectivity index is 1.99. The van der Waals surface area contributed by atoms with Gasteiger partial charge in [-0.1, -0.05) is 23.7 Å². The van der Waals surface area contributed by atoms with Crippen molar-refractivity contribution in [3.8, 4) is 5.88 Å². The van der Waals surface area contributed by atoms with Crippen molar-refractivity contribution in [2.24, 2.45) is 0 Å². The molecule has 4 nitrogen and oxygen atoms in total. The Morgan fingerprint density at radius 3 is 2.62 bits per heavy atom. The molecule has 2 N–H and O–H groups in total. The van der Waals surface area contributed by atoms with E-state index in [0.29, 0.717) is 23.3 Å². The number of hydrogen-bond donors (Lipinski definition) is 1. The molecule has 0 amide bonds. The van der Waals surface area contributed by atoms with Crippen molar-refractivity contribution in [1.29, 1.82) is 0 Å². The zero-order valence-electron chi connectivity index (χ0n) is 8.43. The first-order chi connectivity index (χ1) is 7.74. The molecule has 0 unspecified atom stereocenters. The third kappa shape index (κ3) is 2.84. The lowest BCUT2D eigenvalue weighted by Gasteiger charge is -2.05. The molecule has 1 aromatic heterocycles. The van der Waals surface area contributed by atoms with Crippen LogP contribution >= 0.6 is 11.6 Å². The van der Waals surface area contributed by atoms with Crippen molar-refractivity contribution in [2.75, 3.05) is 5.73 Å². The van der Waals surface area contributed by atoms with E-state index in [9.17, 15) is 0 Å². The molecule has 1 heterocycles. The number of rotatable bonds is 3. The number of ether oxygens (including phenoxy) is 1. The van der Waals surface area contributed by atoms with Crippen LogP contribution in [0.1, 0.15) is 5.56 Å². The van der Waals surface area contributed by atoms with Crippen molar-refractivity contribution in [3.05, 3.63) is 47.2 Å². The van der Waals surface area contributed by atoms with E-state index in [0.717, 1.165) is 5.56 Å². The predicted molar refractivity (Wildman–Crippen MR) is 62.2 cm³/mol. The van der Waals surface area contributed by atoms with Crippen molar-refractivity contribution in [1.82, 2.24) is 9.97 Å². The van der Waals surface area contributed by atoms with Crippen LogP contribution in [0.2, 0.25) is 5.02 Å². The van der Waals surface area contributed by atoms with Gasteiger partial charge in [-0.05, 0) is 17.7 Å². The van der Waals surface area contributed by atoms with E-state index in [1.165, 1.54) is 12.4 Å². The molecule has 0 saturated heterocycles. The highest BCUT2D eigenvalue weighted by molar-refractivity contribution is 6.30. The second-order valence-electron chi connectivity index (χ2n) is 3.20. The van der Waals surface area contributed by atoms with Gasteiger partial charge in [0.1, 0.15) is 12.4 Å². The number of benzene rings is 1.